The first-order chi connectivity index (χ1) is 10.7. The molecule has 0 fully saturated rings. The number of furan rings is 1. The second-order valence-electron chi connectivity index (χ2n) is 5.09. The number of carbonyl (C=O) groups is 1. The minimum absolute atomic E-state index is 0.0730. The van der Waals surface area contributed by atoms with E-state index in [0.29, 0.717) is 25.3 Å². The van der Waals surface area contributed by atoms with Gasteiger partial charge < -0.3 is 24.5 Å². The summed E-state index contributed by atoms with van der Waals surface area (Å²) in [4.78, 5) is 11.9. The Hall–Kier alpha value is -2.63. The van der Waals surface area contributed by atoms with Crippen molar-refractivity contribution in [1.29, 1.82) is 0 Å². The summed E-state index contributed by atoms with van der Waals surface area (Å²) in [5.41, 5.74) is 1.03. The third-order valence-electron chi connectivity index (χ3n) is 3.51. The molecule has 0 saturated carbocycles. The summed E-state index contributed by atoms with van der Waals surface area (Å²) in [7, 11) is 1.63. The van der Waals surface area contributed by atoms with Gasteiger partial charge >= 0.3 is 6.03 Å². The normalized spacial score (nSPS) is 16.3. The fourth-order valence-electron chi connectivity index (χ4n) is 2.41. The lowest BCUT2D eigenvalue weighted by Gasteiger charge is -2.26. The third kappa shape index (κ3) is 3.33. The zero-order valence-corrected chi connectivity index (χ0v) is 12.3. The molecule has 0 bridgehead atoms. The number of hydrogen-bond acceptors (Lipinski definition) is 4. The number of methoxy groups -OCH3 is 1. The minimum atomic E-state index is -0.239. The second-order valence-corrected chi connectivity index (χ2v) is 5.09. The van der Waals surface area contributed by atoms with Gasteiger partial charge in [-0.2, -0.15) is 0 Å². The minimum Gasteiger partial charge on any atom is -0.497 e. The van der Waals surface area contributed by atoms with Gasteiger partial charge in [-0.15, -0.1) is 0 Å². The van der Waals surface area contributed by atoms with E-state index in [1.54, 1.807) is 19.4 Å². The van der Waals surface area contributed by atoms with Crippen molar-refractivity contribution in [3.05, 3.63) is 47.9 Å². The van der Waals surface area contributed by atoms with E-state index in [1.807, 2.05) is 24.3 Å². The maximum Gasteiger partial charge on any atom is 0.315 e. The van der Waals surface area contributed by atoms with Gasteiger partial charge in [-0.1, -0.05) is 0 Å². The molecule has 1 unspecified atom stereocenters. The summed E-state index contributed by atoms with van der Waals surface area (Å²) in [6.45, 7) is 0.810. The molecule has 0 spiro atoms. The van der Waals surface area contributed by atoms with Crippen molar-refractivity contribution >= 4 is 6.03 Å². The van der Waals surface area contributed by atoms with Crippen LogP contribution >= 0.6 is 0 Å². The lowest BCUT2D eigenvalue weighted by Crippen LogP contribution is -2.47. The summed E-state index contributed by atoms with van der Waals surface area (Å²) < 4.78 is 16.0. The van der Waals surface area contributed by atoms with Crippen molar-refractivity contribution in [2.24, 2.45) is 0 Å². The highest BCUT2D eigenvalue weighted by Crippen LogP contribution is 2.28. The predicted octanol–water partition coefficient (Wildman–Crippen LogP) is 2.09. The van der Waals surface area contributed by atoms with Crippen molar-refractivity contribution in [3.8, 4) is 11.5 Å². The number of ether oxygens (including phenoxy) is 2. The number of rotatable bonds is 4. The van der Waals surface area contributed by atoms with Crippen LogP contribution in [-0.4, -0.2) is 25.8 Å². The summed E-state index contributed by atoms with van der Waals surface area (Å²) in [5, 5.41) is 5.66. The Morgan fingerprint density at radius 1 is 1.41 bits per heavy atom. The Balaban J connectivity index is 1.54. The molecule has 3 rings (SSSR count). The summed E-state index contributed by atoms with van der Waals surface area (Å²) >= 11 is 0. The van der Waals surface area contributed by atoms with Crippen molar-refractivity contribution in [3.63, 3.8) is 0 Å². The van der Waals surface area contributed by atoms with E-state index in [0.717, 1.165) is 17.1 Å². The van der Waals surface area contributed by atoms with Crippen LogP contribution in [0, 0.1) is 0 Å². The highest BCUT2D eigenvalue weighted by Gasteiger charge is 2.21. The third-order valence-corrected chi connectivity index (χ3v) is 3.51. The average Bonchev–Trinajstić information content (AvgIpc) is 3.05. The van der Waals surface area contributed by atoms with E-state index >= 15 is 0 Å². The topological polar surface area (TPSA) is 72.7 Å². The van der Waals surface area contributed by atoms with Gasteiger partial charge in [0.2, 0.25) is 0 Å². The molecule has 1 aromatic carbocycles. The Bertz CT molecular complexity index is 640. The van der Waals surface area contributed by atoms with Crippen LogP contribution in [0.2, 0.25) is 0 Å². The van der Waals surface area contributed by atoms with Crippen LogP contribution in [0.15, 0.2) is 41.0 Å². The molecule has 6 nitrogen and oxygen atoms in total. The van der Waals surface area contributed by atoms with Crippen LogP contribution in [-0.2, 0) is 13.0 Å². The smallest absolute Gasteiger partial charge is 0.315 e. The maximum absolute atomic E-state index is 11.9. The number of nitrogens with one attached hydrogen (secondary N) is 2. The van der Waals surface area contributed by atoms with Gasteiger partial charge in [0.25, 0.3) is 0 Å². The van der Waals surface area contributed by atoms with E-state index in [2.05, 4.69) is 10.6 Å². The van der Waals surface area contributed by atoms with Gasteiger partial charge in [-0.25, -0.2) is 4.79 Å². The summed E-state index contributed by atoms with van der Waals surface area (Å²) in [5.74, 6) is 2.34. The first-order valence-corrected chi connectivity index (χ1v) is 7.11. The molecule has 6 heteroatoms. The van der Waals surface area contributed by atoms with Crippen molar-refractivity contribution in [2.45, 2.75) is 19.0 Å². The molecule has 0 radical (unpaired) electrons. The molecule has 1 aromatic heterocycles. The predicted molar refractivity (Wildman–Crippen MR) is 80.1 cm³/mol. The molecular weight excluding hydrogens is 284 g/mol. The Kier molecular flexibility index (Phi) is 4.18. The number of carbonyl (C=O) groups excluding carboxylic acids is 1. The molecule has 22 heavy (non-hydrogen) atoms. The van der Waals surface area contributed by atoms with E-state index in [9.17, 15) is 4.79 Å². The van der Waals surface area contributed by atoms with Gasteiger partial charge in [-0.3, -0.25) is 0 Å². The van der Waals surface area contributed by atoms with Crippen molar-refractivity contribution in [1.82, 2.24) is 10.6 Å². The fraction of sp³-hybridized carbons (Fsp3) is 0.312. The largest absolute Gasteiger partial charge is 0.497 e. The molecule has 2 aromatic rings. The van der Waals surface area contributed by atoms with Crippen LogP contribution in [0.4, 0.5) is 4.79 Å². The van der Waals surface area contributed by atoms with Crippen molar-refractivity contribution in [2.75, 3.05) is 13.7 Å². The Morgan fingerprint density at radius 3 is 3.09 bits per heavy atom. The lowest BCUT2D eigenvalue weighted by atomic mass is 10.0. The molecular formula is C16H18N2O4. The molecule has 2 amide bonds. The van der Waals surface area contributed by atoms with Gasteiger partial charge in [-0.05, 0) is 42.3 Å². The molecule has 2 heterocycles. The number of urea groups is 1. The monoisotopic (exact) mass is 302 g/mol. The molecule has 1 atom stereocenters. The molecule has 116 valence electrons. The summed E-state index contributed by atoms with van der Waals surface area (Å²) in [6, 6.07) is 8.97. The fourth-order valence-corrected chi connectivity index (χ4v) is 2.41. The standard InChI is InChI=1S/C16H18N2O4/c1-20-13-4-5-15-11(8-13)7-12(10-22-15)18-16(19)17-9-14-3-2-6-21-14/h2-6,8,12H,7,9-10H2,1H3,(H2,17,18,19). The SMILES string of the molecule is COc1ccc2c(c1)CC(NC(=O)NCc1ccco1)CO2. The van der Waals surface area contributed by atoms with Crippen molar-refractivity contribution < 1.29 is 18.7 Å². The van der Waals surface area contributed by atoms with E-state index in [4.69, 9.17) is 13.9 Å². The highest BCUT2D eigenvalue weighted by atomic mass is 16.5. The van der Waals surface area contributed by atoms with Crippen LogP contribution < -0.4 is 20.1 Å². The first kappa shape index (κ1) is 14.3. The molecule has 2 N–H and O–H groups in total. The van der Waals surface area contributed by atoms with Crippen LogP contribution in [0.25, 0.3) is 0 Å². The van der Waals surface area contributed by atoms with Crippen LogP contribution in [0.3, 0.4) is 0 Å². The number of amides is 2. The number of fused-ring (bicyclic) bond motifs is 1. The average molecular weight is 302 g/mol. The van der Waals surface area contributed by atoms with Crippen LogP contribution in [0.5, 0.6) is 11.5 Å². The van der Waals surface area contributed by atoms with E-state index in [1.165, 1.54) is 0 Å². The highest BCUT2D eigenvalue weighted by molar-refractivity contribution is 5.74. The van der Waals surface area contributed by atoms with E-state index in [-0.39, 0.29) is 12.1 Å². The molecule has 0 aliphatic carbocycles. The summed E-state index contributed by atoms with van der Waals surface area (Å²) in [6.07, 6.45) is 2.29. The van der Waals surface area contributed by atoms with Gasteiger partial charge in [0.1, 0.15) is 23.9 Å². The molecule has 1 aliphatic heterocycles. The van der Waals surface area contributed by atoms with Gasteiger partial charge in [0.05, 0.1) is 26.0 Å². The molecule has 0 saturated heterocycles. The Morgan fingerprint density at radius 2 is 2.32 bits per heavy atom. The zero-order valence-electron chi connectivity index (χ0n) is 12.3. The van der Waals surface area contributed by atoms with E-state index < -0.39 is 0 Å². The quantitative estimate of drug-likeness (QED) is 0.907. The lowest BCUT2D eigenvalue weighted by molar-refractivity contribution is 0.213. The zero-order chi connectivity index (χ0) is 15.4. The number of benzene rings is 1. The molecule has 1 aliphatic rings. The first-order valence-electron chi connectivity index (χ1n) is 7.11. The second kappa shape index (κ2) is 6.43. The van der Waals surface area contributed by atoms with Gasteiger partial charge in [0.15, 0.2) is 0 Å². The number of hydrogen-bond donors (Lipinski definition) is 2. The van der Waals surface area contributed by atoms with Gasteiger partial charge in [0, 0.05) is 0 Å². The Labute approximate surface area is 128 Å². The maximum atomic E-state index is 11.9. The van der Waals surface area contributed by atoms with Crippen LogP contribution in [0.1, 0.15) is 11.3 Å².